The number of rotatable bonds is 13. The van der Waals surface area contributed by atoms with Crippen LogP contribution in [0.4, 0.5) is 23.1 Å². The Labute approximate surface area is 385 Å². The number of thiophene rings is 2. The van der Waals surface area contributed by atoms with Crippen LogP contribution in [0.25, 0.3) is 11.5 Å². The minimum Gasteiger partial charge on any atom is -0.444 e. The SMILES string of the molecule is Cc1cc(C)c(NC(=O)c2sccc2S(=O)(=O)Nc2onc(C)c2Cl)c(-c2ncco2)c1.Cc1cc(C)c(NC(=O)c2sccc2S(=O)(=O)Nc2oncc2Cl)c(S(=O)(=O)C(C)C)c1. The van der Waals surface area contributed by atoms with Crippen molar-refractivity contribution in [1.82, 2.24) is 15.3 Å². The Morgan fingerprint density at radius 2 is 1.27 bits per heavy atom. The standard InChI is InChI=1S/C20H17ClN4O5S2.C19H20ClN3O6S3/c1-10-8-11(2)16(13(9-10)19-22-5-6-29-19)23-18(26)17-14(4-7-31-17)32(27,28)25-20-15(21)12(3)24-30-20;1-10(2)31(25,26)15-8-11(3)7-12(4)16(15)22-18(24)17-14(5-6-30-17)32(27,28)23-19-13(20)9-21-29-19/h4-9,25H,1-3H3,(H,23,26);5-10,23H,1-4H3,(H,22,24). The van der Waals surface area contributed by atoms with Gasteiger partial charge in [0, 0.05) is 0 Å². The highest BCUT2D eigenvalue weighted by atomic mass is 35.5. The number of carbonyl (C=O) groups excluding carboxylic acids is 2. The van der Waals surface area contributed by atoms with Crippen LogP contribution in [0.15, 0.2) is 94.0 Å². The Kier molecular flexibility index (Phi) is 14.1. The van der Waals surface area contributed by atoms with E-state index < -0.39 is 46.9 Å². The first-order valence-corrected chi connectivity index (χ1v) is 25.5. The Morgan fingerprint density at radius 1 is 0.719 bits per heavy atom. The molecular formula is C39H37Cl2N7O11S5. The fraction of sp³-hybridized carbons (Fsp3) is 0.205. The lowest BCUT2D eigenvalue weighted by Gasteiger charge is -2.17. The van der Waals surface area contributed by atoms with Crippen molar-refractivity contribution in [3.05, 3.63) is 114 Å². The minimum absolute atomic E-state index is 0.0109. The van der Waals surface area contributed by atoms with E-state index in [1.807, 2.05) is 26.0 Å². The van der Waals surface area contributed by atoms with E-state index >= 15 is 0 Å². The topological polar surface area (TPSA) is 263 Å². The molecule has 0 saturated carbocycles. The number of nitrogens with one attached hydrogen (secondary N) is 4. The number of amides is 2. The molecule has 0 spiro atoms. The summed E-state index contributed by atoms with van der Waals surface area (Å²) >= 11 is 13.7. The van der Waals surface area contributed by atoms with Crippen LogP contribution in [-0.4, -0.2) is 57.6 Å². The summed E-state index contributed by atoms with van der Waals surface area (Å²) in [5.41, 5.74) is 4.48. The van der Waals surface area contributed by atoms with Crippen molar-refractivity contribution in [3.63, 3.8) is 0 Å². The maximum absolute atomic E-state index is 13.1. The largest absolute Gasteiger partial charge is 0.444 e. The molecule has 5 aromatic heterocycles. The summed E-state index contributed by atoms with van der Waals surface area (Å²) < 4.78 is 96.6. The number of hydrogen-bond donors (Lipinski definition) is 4. The van der Waals surface area contributed by atoms with Crippen LogP contribution in [0.5, 0.6) is 0 Å². The van der Waals surface area contributed by atoms with Crippen molar-refractivity contribution in [2.45, 2.75) is 68.4 Å². The monoisotopic (exact) mass is 1010 g/mol. The molecule has 0 bridgehead atoms. The summed E-state index contributed by atoms with van der Waals surface area (Å²) in [4.78, 5) is 29.6. The molecule has 0 saturated heterocycles. The van der Waals surface area contributed by atoms with Gasteiger partial charge in [0.15, 0.2) is 9.84 Å². The number of aromatic nitrogens is 3. The second kappa shape index (κ2) is 18.9. The van der Waals surface area contributed by atoms with Crippen LogP contribution in [0.1, 0.15) is 61.1 Å². The second-order valence-corrected chi connectivity index (χ2v) is 22.5. The van der Waals surface area contributed by atoms with Crippen molar-refractivity contribution in [1.29, 1.82) is 0 Å². The third-order valence-electron chi connectivity index (χ3n) is 9.01. The molecule has 0 fully saturated rings. The van der Waals surface area contributed by atoms with Crippen molar-refractivity contribution >= 4 is 111 Å². The van der Waals surface area contributed by atoms with Gasteiger partial charge in [-0.05, 0) is 106 Å². The molecule has 0 aliphatic heterocycles. The molecule has 0 unspecified atom stereocenters. The Bertz CT molecular complexity index is 3230. The van der Waals surface area contributed by atoms with Crippen LogP contribution in [0.2, 0.25) is 10.0 Å². The van der Waals surface area contributed by atoms with Crippen LogP contribution >= 0.6 is 45.9 Å². The molecule has 7 rings (SSSR count). The maximum Gasteiger partial charge on any atom is 0.267 e. The molecule has 2 aromatic carbocycles. The summed E-state index contributed by atoms with van der Waals surface area (Å²) in [6, 6.07) is 9.52. The predicted molar refractivity (Wildman–Crippen MR) is 244 cm³/mol. The van der Waals surface area contributed by atoms with Crippen molar-refractivity contribution in [3.8, 4) is 11.5 Å². The van der Waals surface area contributed by atoms with Gasteiger partial charge in [-0.3, -0.25) is 9.59 Å². The van der Waals surface area contributed by atoms with Crippen LogP contribution < -0.4 is 20.1 Å². The van der Waals surface area contributed by atoms with E-state index in [1.165, 1.54) is 41.4 Å². The lowest BCUT2D eigenvalue weighted by Crippen LogP contribution is -2.21. The van der Waals surface area contributed by atoms with Gasteiger partial charge in [-0.2, -0.15) is 0 Å². The van der Waals surface area contributed by atoms with Crippen LogP contribution in [-0.2, 0) is 29.9 Å². The van der Waals surface area contributed by atoms with Gasteiger partial charge < -0.3 is 24.1 Å². The third-order valence-corrected chi connectivity index (χ3v) is 16.7. The maximum atomic E-state index is 13.1. The average molecular weight is 1010 g/mol. The molecule has 2 amide bonds. The highest BCUT2D eigenvalue weighted by Gasteiger charge is 2.31. The number of benzene rings is 2. The summed E-state index contributed by atoms with van der Waals surface area (Å²) in [7, 11) is -12.1. The van der Waals surface area contributed by atoms with E-state index in [-0.39, 0.29) is 51.9 Å². The quantitative estimate of drug-likeness (QED) is 0.0839. The van der Waals surface area contributed by atoms with E-state index in [0.717, 1.165) is 40.0 Å². The predicted octanol–water partition coefficient (Wildman–Crippen LogP) is 9.26. The Hall–Kier alpha value is -5.56. The molecular weight excluding hydrogens is 974 g/mol. The Balaban J connectivity index is 0.000000213. The van der Waals surface area contributed by atoms with Crippen molar-refractivity contribution in [2.24, 2.45) is 0 Å². The average Bonchev–Trinajstić information content (AvgIpc) is 4.08. The number of anilines is 4. The summed E-state index contributed by atoms with van der Waals surface area (Å²) in [5, 5.41) is 14.6. The summed E-state index contributed by atoms with van der Waals surface area (Å²) in [6.45, 7) is 11.8. The van der Waals surface area contributed by atoms with Gasteiger partial charge in [0.1, 0.15) is 41.5 Å². The third kappa shape index (κ3) is 10.2. The van der Waals surface area contributed by atoms with Gasteiger partial charge in [0.25, 0.3) is 43.6 Å². The van der Waals surface area contributed by atoms with Gasteiger partial charge in [0.2, 0.25) is 5.89 Å². The zero-order valence-electron chi connectivity index (χ0n) is 34.6. The molecule has 0 atom stereocenters. The molecule has 7 aromatic rings. The second-order valence-electron chi connectivity index (χ2n) is 14.2. The van der Waals surface area contributed by atoms with Gasteiger partial charge in [-0.15, -0.1) is 22.7 Å². The van der Waals surface area contributed by atoms with Crippen molar-refractivity contribution < 1.29 is 48.3 Å². The number of carbonyl (C=O) groups is 2. The first kappa shape index (κ1) is 47.9. The number of oxazole rings is 1. The van der Waals surface area contributed by atoms with Crippen molar-refractivity contribution in [2.75, 3.05) is 20.1 Å². The molecule has 0 aliphatic carbocycles. The molecule has 25 heteroatoms. The van der Waals surface area contributed by atoms with Crippen LogP contribution in [0.3, 0.4) is 0 Å². The fourth-order valence-electron chi connectivity index (χ4n) is 5.99. The van der Waals surface area contributed by atoms with E-state index in [2.05, 4.69) is 35.4 Å². The smallest absolute Gasteiger partial charge is 0.267 e. The van der Waals surface area contributed by atoms with Gasteiger partial charge in [-0.25, -0.2) is 39.7 Å². The molecule has 5 heterocycles. The van der Waals surface area contributed by atoms with E-state index in [4.69, 9.17) is 36.7 Å². The molecule has 0 aliphatic rings. The Morgan fingerprint density at radius 3 is 1.77 bits per heavy atom. The molecule has 64 heavy (non-hydrogen) atoms. The number of nitrogens with zero attached hydrogens (tertiary/aromatic N) is 3. The molecule has 18 nitrogen and oxygen atoms in total. The summed E-state index contributed by atoms with van der Waals surface area (Å²) in [6.07, 6.45) is 4.06. The highest BCUT2D eigenvalue weighted by Crippen LogP contribution is 2.36. The van der Waals surface area contributed by atoms with Gasteiger partial charge in [-0.1, -0.05) is 45.6 Å². The molecule has 338 valence electrons. The zero-order chi connectivity index (χ0) is 46.9. The number of aryl methyl sites for hydroxylation is 5. The highest BCUT2D eigenvalue weighted by molar-refractivity contribution is 7.93. The van der Waals surface area contributed by atoms with E-state index in [1.54, 1.807) is 40.7 Å². The van der Waals surface area contributed by atoms with Gasteiger partial charge >= 0.3 is 0 Å². The lowest BCUT2D eigenvalue weighted by molar-refractivity contribution is 0.101. The van der Waals surface area contributed by atoms with E-state index in [9.17, 15) is 34.8 Å². The zero-order valence-corrected chi connectivity index (χ0v) is 40.2. The summed E-state index contributed by atoms with van der Waals surface area (Å²) in [5.74, 6) is -1.54. The number of sulfone groups is 1. The van der Waals surface area contributed by atoms with Gasteiger partial charge in [0.05, 0.1) is 39.5 Å². The lowest BCUT2D eigenvalue weighted by atomic mass is 10.0. The van der Waals surface area contributed by atoms with E-state index in [0.29, 0.717) is 34.0 Å². The minimum atomic E-state index is -4.24. The molecule has 4 N–H and O–H groups in total. The van der Waals surface area contributed by atoms with Crippen LogP contribution in [0, 0.1) is 34.6 Å². The molecule has 0 radical (unpaired) electrons. The number of sulfonamides is 2. The first-order chi connectivity index (χ1) is 30.0. The number of halogens is 2. The first-order valence-electron chi connectivity index (χ1n) is 18.4. The fourth-order valence-corrected chi connectivity index (χ4v) is 12.3. The normalized spacial score (nSPS) is 11.8. The number of hydrogen-bond acceptors (Lipinski definition) is 16.